The zero-order valence-corrected chi connectivity index (χ0v) is 17.2. The second-order valence-corrected chi connectivity index (χ2v) is 7.17. The molecule has 3 rings (SSSR count). The van der Waals surface area contributed by atoms with Gasteiger partial charge in [0.25, 0.3) is 5.91 Å². The lowest BCUT2D eigenvalue weighted by molar-refractivity contribution is 0.100. The maximum absolute atomic E-state index is 11.8. The van der Waals surface area contributed by atoms with Crippen LogP contribution in [0.5, 0.6) is 5.75 Å². The number of hydrogen-bond acceptors (Lipinski definition) is 5. The van der Waals surface area contributed by atoms with Crippen molar-refractivity contribution in [1.29, 1.82) is 0 Å². The highest BCUT2D eigenvalue weighted by molar-refractivity contribution is 6.32. The Morgan fingerprint density at radius 2 is 2.14 bits per heavy atom. The van der Waals surface area contributed by atoms with Gasteiger partial charge < -0.3 is 20.9 Å². The number of aliphatic hydroxyl groups is 1. The quantitative estimate of drug-likeness (QED) is 0.507. The van der Waals surface area contributed by atoms with Gasteiger partial charge in [0, 0.05) is 17.1 Å². The number of benzene rings is 2. The SMILES string of the molecule is CCC[C@@H](Nc1c(CO)cnc2c(C(N)=O)cccc12)c1ccc(OC)c(Cl)c1. The highest BCUT2D eigenvalue weighted by Crippen LogP contribution is 2.35. The standard InChI is InChI=1S/C22H24ClN3O3/c1-3-5-18(13-8-9-19(29-2)17(23)10-13)26-20-14(12-27)11-25-21-15(20)6-4-7-16(21)22(24)28/h4,6-11,18,27H,3,5,12H2,1-2H3,(H2,24,28)(H,25,26)/t18-/m1/s1. The maximum Gasteiger partial charge on any atom is 0.250 e. The third-order valence-electron chi connectivity index (χ3n) is 4.89. The molecule has 0 bridgehead atoms. The van der Waals surface area contributed by atoms with Crippen molar-refractivity contribution >= 4 is 34.1 Å². The summed E-state index contributed by atoms with van der Waals surface area (Å²) in [5.74, 6) is 0.0695. The molecule has 0 unspecified atom stereocenters. The number of rotatable bonds is 8. The van der Waals surface area contributed by atoms with Gasteiger partial charge >= 0.3 is 0 Å². The van der Waals surface area contributed by atoms with E-state index in [1.807, 2.05) is 24.3 Å². The number of carbonyl (C=O) groups is 1. The zero-order valence-electron chi connectivity index (χ0n) is 16.4. The van der Waals surface area contributed by atoms with Crippen LogP contribution in [0.3, 0.4) is 0 Å². The molecule has 2 aromatic carbocycles. The lowest BCUT2D eigenvalue weighted by Crippen LogP contribution is -2.15. The number of anilines is 1. The first-order valence-electron chi connectivity index (χ1n) is 9.41. The Labute approximate surface area is 174 Å². The monoisotopic (exact) mass is 413 g/mol. The van der Waals surface area contributed by atoms with Crippen LogP contribution in [0.2, 0.25) is 5.02 Å². The number of fused-ring (bicyclic) bond motifs is 1. The predicted molar refractivity (Wildman–Crippen MR) is 115 cm³/mol. The van der Waals surface area contributed by atoms with E-state index in [4.69, 9.17) is 22.1 Å². The van der Waals surface area contributed by atoms with Crippen molar-refractivity contribution in [3.05, 3.63) is 64.3 Å². The van der Waals surface area contributed by atoms with Crippen molar-refractivity contribution in [3.8, 4) is 5.75 Å². The fourth-order valence-corrected chi connectivity index (χ4v) is 3.70. The normalized spacial score (nSPS) is 12.0. The highest BCUT2D eigenvalue weighted by atomic mass is 35.5. The molecular weight excluding hydrogens is 390 g/mol. The van der Waals surface area contributed by atoms with E-state index in [-0.39, 0.29) is 12.6 Å². The fourth-order valence-electron chi connectivity index (χ4n) is 3.44. The second-order valence-electron chi connectivity index (χ2n) is 6.76. The first-order valence-corrected chi connectivity index (χ1v) is 9.79. The Morgan fingerprint density at radius 1 is 1.34 bits per heavy atom. The first kappa shape index (κ1) is 20.9. The molecule has 0 radical (unpaired) electrons. The van der Waals surface area contributed by atoms with Gasteiger partial charge in [-0.2, -0.15) is 0 Å². The Hall–Kier alpha value is -2.83. The number of halogens is 1. The molecule has 1 aromatic heterocycles. The van der Waals surface area contributed by atoms with Crippen molar-refractivity contribution in [1.82, 2.24) is 4.98 Å². The van der Waals surface area contributed by atoms with Crippen LogP contribution in [0.15, 0.2) is 42.6 Å². The van der Waals surface area contributed by atoms with Gasteiger partial charge in [0.05, 0.1) is 41.5 Å². The summed E-state index contributed by atoms with van der Waals surface area (Å²) in [7, 11) is 1.58. The van der Waals surface area contributed by atoms with Crippen LogP contribution >= 0.6 is 11.6 Å². The van der Waals surface area contributed by atoms with Gasteiger partial charge in [-0.05, 0) is 30.2 Å². The Bertz CT molecular complexity index is 1040. The van der Waals surface area contributed by atoms with Crippen molar-refractivity contribution < 1.29 is 14.6 Å². The van der Waals surface area contributed by atoms with Crippen molar-refractivity contribution in [3.63, 3.8) is 0 Å². The van der Waals surface area contributed by atoms with Gasteiger partial charge in [-0.15, -0.1) is 0 Å². The number of nitrogens with two attached hydrogens (primary N) is 1. The number of hydrogen-bond donors (Lipinski definition) is 3. The summed E-state index contributed by atoms with van der Waals surface area (Å²) in [4.78, 5) is 16.2. The lowest BCUT2D eigenvalue weighted by Gasteiger charge is -2.23. The van der Waals surface area contributed by atoms with E-state index in [1.165, 1.54) is 0 Å². The van der Waals surface area contributed by atoms with Gasteiger partial charge in [-0.3, -0.25) is 9.78 Å². The molecule has 0 saturated carbocycles. The third kappa shape index (κ3) is 4.28. The zero-order chi connectivity index (χ0) is 21.0. The molecule has 152 valence electrons. The summed E-state index contributed by atoms with van der Waals surface area (Å²) in [5.41, 5.74) is 8.72. The maximum atomic E-state index is 11.8. The average Bonchev–Trinajstić information content (AvgIpc) is 2.72. The van der Waals surface area contributed by atoms with Crippen LogP contribution in [0, 0.1) is 0 Å². The highest BCUT2D eigenvalue weighted by Gasteiger charge is 2.18. The number of nitrogens with one attached hydrogen (secondary N) is 1. The molecule has 1 amide bonds. The van der Waals surface area contributed by atoms with E-state index in [2.05, 4.69) is 17.2 Å². The minimum atomic E-state index is -0.544. The van der Waals surface area contributed by atoms with E-state index >= 15 is 0 Å². The summed E-state index contributed by atoms with van der Waals surface area (Å²) in [6.07, 6.45) is 3.35. The molecular formula is C22H24ClN3O3. The Balaban J connectivity index is 2.11. The second kappa shape index (κ2) is 9.11. The molecule has 3 aromatic rings. The molecule has 0 saturated heterocycles. The number of primary amides is 1. The minimum Gasteiger partial charge on any atom is -0.495 e. The van der Waals surface area contributed by atoms with Gasteiger partial charge in [-0.1, -0.05) is 43.1 Å². The average molecular weight is 414 g/mol. The molecule has 1 atom stereocenters. The molecule has 0 spiro atoms. The van der Waals surface area contributed by atoms with Crippen molar-refractivity contribution in [2.45, 2.75) is 32.4 Å². The van der Waals surface area contributed by atoms with E-state index in [0.29, 0.717) is 27.4 Å². The summed E-state index contributed by atoms with van der Waals surface area (Å²) in [5, 5.41) is 14.7. The van der Waals surface area contributed by atoms with Crippen LogP contribution in [-0.4, -0.2) is 23.1 Å². The smallest absolute Gasteiger partial charge is 0.250 e. The first-order chi connectivity index (χ1) is 14.0. The number of para-hydroxylation sites is 1. The fraction of sp³-hybridized carbons (Fsp3) is 0.273. The lowest BCUT2D eigenvalue weighted by atomic mass is 9.99. The number of carbonyl (C=O) groups excluding carboxylic acids is 1. The molecule has 0 aliphatic carbocycles. The number of nitrogens with zero attached hydrogens (tertiary/aromatic N) is 1. The topological polar surface area (TPSA) is 97.5 Å². The number of ether oxygens (including phenoxy) is 1. The number of methoxy groups -OCH3 is 1. The van der Waals surface area contributed by atoms with Crippen molar-refractivity contribution in [2.75, 3.05) is 12.4 Å². The van der Waals surface area contributed by atoms with Gasteiger partial charge in [0.2, 0.25) is 0 Å². The Morgan fingerprint density at radius 3 is 2.76 bits per heavy atom. The van der Waals surface area contributed by atoms with E-state index < -0.39 is 5.91 Å². The van der Waals surface area contributed by atoms with E-state index in [9.17, 15) is 9.90 Å². The number of aromatic nitrogens is 1. The minimum absolute atomic E-state index is 0.0588. The molecule has 0 aliphatic heterocycles. The number of amides is 1. The third-order valence-corrected chi connectivity index (χ3v) is 5.18. The van der Waals surface area contributed by atoms with Crippen molar-refractivity contribution in [2.24, 2.45) is 5.73 Å². The molecule has 7 heteroatoms. The molecule has 1 heterocycles. The summed E-state index contributed by atoms with van der Waals surface area (Å²) in [6.45, 7) is 1.91. The molecule has 4 N–H and O–H groups in total. The van der Waals surface area contributed by atoms with E-state index in [0.717, 1.165) is 29.5 Å². The number of pyridine rings is 1. The van der Waals surface area contributed by atoms with Crippen LogP contribution in [-0.2, 0) is 6.61 Å². The van der Waals surface area contributed by atoms with Crippen LogP contribution in [0.1, 0.15) is 47.3 Å². The van der Waals surface area contributed by atoms with Crippen LogP contribution in [0.25, 0.3) is 10.9 Å². The molecule has 6 nitrogen and oxygen atoms in total. The van der Waals surface area contributed by atoms with Gasteiger partial charge in [0.1, 0.15) is 5.75 Å². The molecule has 29 heavy (non-hydrogen) atoms. The van der Waals surface area contributed by atoms with Gasteiger partial charge in [0.15, 0.2) is 0 Å². The Kier molecular flexibility index (Phi) is 6.56. The summed E-state index contributed by atoms with van der Waals surface area (Å²) < 4.78 is 5.25. The van der Waals surface area contributed by atoms with Gasteiger partial charge in [-0.25, -0.2) is 0 Å². The van der Waals surface area contributed by atoms with Crippen LogP contribution < -0.4 is 15.8 Å². The summed E-state index contributed by atoms with van der Waals surface area (Å²) in [6, 6.07) is 10.9. The molecule has 0 fully saturated rings. The van der Waals surface area contributed by atoms with Crippen LogP contribution in [0.4, 0.5) is 5.69 Å². The largest absolute Gasteiger partial charge is 0.495 e. The summed E-state index contributed by atoms with van der Waals surface area (Å²) >= 11 is 6.33. The predicted octanol–water partition coefficient (Wildman–Crippen LogP) is 4.44. The van der Waals surface area contributed by atoms with E-state index in [1.54, 1.807) is 25.4 Å². The number of aliphatic hydroxyl groups excluding tert-OH is 1. The molecule has 0 aliphatic rings.